The van der Waals surface area contributed by atoms with Gasteiger partial charge in [-0.15, -0.1) is 0 Å². The van der Waals surface area contributed by atoms with Crippen LogP contribution in [0.2, 0.25) is 0 Å². The second kappa shape index (κ2) is 21.8. The number of non-ortho nitro benzene ring substituents is 2. The lowest BCUT2D eigenvalue weighted by Crippen LogP contribution is -2.33. The molecule has 5 rings (SSSR count). The molecule has 3 N–H and O–H groups in total. The first-order chi connectivity index (χ1) is 29.8. The van der Waals surface area contributed by atoms with Crippen molar-refractivity contribution in [2.75, 3.05) is 6.61 Å². The number of carboxylic acids is 1. The smallest absolute Gasteiger partial charge is 0.337 e. The van der Waals surface area contributed by atoms with Gasteiger partial charge in [-0.1, -0.05) is 72.8 Å². The Bertz CT molecular complexity index is 2460. The molecule has 63 heavy (non-hydrogen) atoms. The number of nitrogens with zero attached hydrogens (tertiary/aromatic N) is 2. The molecular formula is C47H50N4O12. The summed E-state index contributed by atoms with van der Waals surface area (Å²) in [4.78, 5) is 72.3. The summed E-state index contributed by atoms with van der Waals surface area (Å²) in [5.74, 6) is -5.00. The zero-order chi connectivity index (χ0) is 46.5. The lowest BCUT2D eigenvalue weighted by atomic mass is 9.80. The van der Waals surface area contributed by atoms with E-state index in [1.807, 2.05) is 42.5 Å². The van der Waals surface area contributed by atoms with Gasteiger partial charge in [-0.3, -0.25) is 20.2 Å². The SMILES string of the molecule is CC1=C(C(=O)O)C(c2cccc([N+](=O)[O-])c2)C(C(=O)OC(C)C)=C(C)N1.CC1=C(C(=O)OCC=CC=Cc2ccccc2)C(c2cccc([N+](=O)[O-])c2)C(C(=O)OC(C)C)=C(C)N1. The van der Waals surface area contributed by atoms with E-state index in [4.69, 9.17) is 14.2 Å². The van der Waals surface area contributed by atoms with Crippen LogP contribution in [0.5, 0.6) is 0 Å². The molecule has 3 aromatic carbocycles. The third-order valence-corrected chi connectivity index (χ3v) is 9.57. The van der Waals surface area contributed by atoms with Gasteiger partial charge in [0.1, 0.15) is 6.61 Å². The van der Waals surface area contributed by atoms with E-state index in [2.05, 4.69) is 10.6 Å². The van der Waals surface area contributed by atoms with Gasteiger partial charge in [-0.05, 0) is 78.2 Å². The van der Waals surface area contributed by atoms with Gasteiger partial charge in [-0.25, -0.2) is 19.2 Å². The lowest BCUT2D eigenvalue weighted by molar-refractivity contribution is -0.385. The number of esters is 3. The molecule has 0 aromatic heterocycles. The third-order valence-electron chi connectivity index (χ3n) is 9.57. The highest BCUT2D eigenvalue weighted by molar-refractivity contribution is 6.00. The van der Waals surface area contributed by atoms with Gasteiger partial charge in [0.15, 0.2) is 0 Å². The molecule has 330 valence electrons. The highest BCUT2D eigenvalue weighted by atomic mass is 16.6. The van der Waals surface area contributed by atoms with Crippen molar-refractivity contribution in [3.05, 3.63) is 179 Å². The van der Waals surface area contributed by atoms with Crippen LogP contribution >= 0.6 is 0 Å². The Morgan fingerprint density at radius 1 is 0.635 bits per heavy atom. The van der Waals surface area contributed by atoms with Crippen LogP contribution in [0.3, 0.4) is 0 Å². The van der Waals surface area contributed by atoms with Crippen molar-refractivity contribution in [2.24, 2.45) is 0 Å². The highest BCUT2D eigenvalue weighted by Gasteiger charge is 2.40. The molecule has 0 bridgehead atoms. The summed E-state index contributed by atoms with van der Waals surface area (Å²) in [7, 11) is 0. The van der Waals surface area contributed by atoms with E-state index in [1.54, 1.807) is 79.7 Å². The van der Waals surface area contributed by atoms with Crippen LogP contribution < -0.4 is 10.6 Å². The van der Waals surface area contributed by atoms with Crippen molar-refractivity contribution in [1.82, 2.24) is 10.6 Å². The number of nitrogens with one attached hydrogen (secondary N) is 2. The van der Waals surface area contributed by atoms with Crippen LogP contribution in [0, 0.1) is 20.2 Å². The molecule has 0 aliphatic carbocycles. The number of nitro groups is 2. The maximum atomic E-state index is 13.3. The summed E-state index contributed by atoms with van der Waals surface area (Å²) in [6, 6.07) is 21.3. The number of aliphatic carboxylic acids is 1. The average Bonchev–Trinajstić information content (AvgIpc) is 3.21. The first-order valence-corrected chi connectivity index (χ1v) is 19.9. The van der Waals surface area contributed by atoms with Crippen molar-refractivity contribution in [3.63, 3.8) is 0 Å². The topological polar surface area (TPSA) is 227 Å². The molecule has 2 unspecified atom stereocenters. The Balaban J connectivity index is 0.000000294. The van der Waals surface area contributed by atoms with E-state index in [0.29, 0.717) is 33.9 Å². The maximum Gasteiger partial charge on any atom is 0.337 e. The summed E-state index contributed by atoms with van der Waals surface area (Å²) in [5.41, 5.74) is 3.75. The summed E-state index contributed by atoms with van der Waals surface area (Å²) in [6.45, 7) is 13.5. The standard InChI is InChI=1S/C29H30N2O6.C18H20N2O6/c1-19(2)37-29(33)26-21(4)30-20(3)25(27(26)23-15-11-16-24(18-23)31(34)35)28(32)36-17-10-6-9-14-22-12-7-5-8-13-22;1-9(2)26-18(23)15-11(4)19-10(3)14(17(21)22)16(15)12-6-5-7-13(8-12)20(24)25/h5-16,18-19,27,30H,17H2,1-4H3;5-9,16,19H,1-4H3,(H,21,22). The first-order valence-electron chi connectivity index (χ1n) is 19.9. The zero-order valence-electron chi connectivity index (χ0n) is 36.2. The molecule has 0 fully saturated rings. The van der Waals surface area contributed by atoms with Crippen molar-refractivity contribution in [2.45, 2.75) is 79.4 Å². The number of carbonyl (C=O) groups excluding carboxylic acids is 3. The van der Waals surface area contributed by atoms with Crippen molar-refractivity contribution in [1.29, 1.82) is 0 Å². The van der Waals surface area contributed by atoms with Gasteiger partial charge < -0.3 is 30.0 Å². The summed E-state index contributed by atoms with van der Waals surface area (Å²) in [6.07, 6.45) is 6.45. The van der Waals surface area contributed by atoms with E-state index in [9.17, 15) is 44.5 Å². The first kappa shape index (κ1) is 48.1. The predicted molar refractivity (Wildman–Crippen MR) is 234 cm³/mol. The summed E-state index contributed by atoms with van der Waals surface area (Å²) < 4.78 is 16.2. The van der Waals surface area contributed by atoms with Crippen molar-refractivity contribution in [3.8, 4) is 0 Å². The van der Waals surface area contributed by atoms with Crippen LogP contribution in [-0.2, 0) is 33.4 Å². The number of carbonyl (C=O) groups is 4. The Labute approximate surface area is 364 Å². The molecule has 0 amide bonds. The van der Waals surface area contributed by atoms with Gasteiger partial charge in [-0.2, -0.15) is 0 Å². The van der Waals surface area contributed by atoms with E-state index in [-0.39, 0.29) is 40.3 Å². The number of dihydropyridines is 2. The van der Waals surface area contributed by atoms with Crippen LogP contribution in [0.1, 0.15) is 83.9 Å². The molecule has 16 heteroatoms. The van der Waals surface area contributed by atoms with E-state index < -0.39 is 57.8 Å². The predicted octanol–water partition coefficient (Wildman–Crippen LogP) is 8.46. The molecule has 0 spiro atoms. The summed E-state index contributed by atoms with van der Waals surface area (Å²) >= 11 is 0. The number of carboxylic acid groups (broad SMARTS) is 1. The summed E-state index contributed by atoms with van der Waals surface area (Å²) in [5, 5.41) is 38.2. The molecule has 3 aromatic rings. The minimum absolute atomic E-state index is 0.00483. The molecule has 0 saturated carbocycles. The van der Waals surface area contributed by atoms with E-state index >= 15 is 0 Å². The number of nitro benzene ring substituents is 2. The molecule has 16 nitrogen and oxygen atoms in total. The molecule has 2 heterocycles. The maximum absolute atomic E-state index is 13.3. The van der Waals surface area contributed by atoms with Crippen molar-refractivity contribution < 1.29 is 48.3 Å². The normalized spacial score (nSPS) is 16.4. The van der Waals surface area contributed by atoms with Crippen LogP contribution in [0.4, 0.5) is 11.4 Å². The number of hydrogen-bond acceptors (Lipinski definition) is 13. The number of allylic oxidation sites excluding steroid dienone is 6. The quantitative estimate of drug-likeness (QED) is 0.0454. The highest BCUT2D eigenvalue weighted by Crippen LogP contribution is 2.41. The second-order valence-corrected chi connectivity index (χ2v) is 15.0. The van der Waals surface area contributed by atoms with E-state index in [1.165, 1.54) is 36.4 Å². The fraction of sp³-hybridized carbons (Fsp3) is 0.277. The second-order valence-electron chi connectivity index (χ2n) is 15.0. The molecule has 0 saturated heterocycles. The van der Waals surface area contributed by atoms with Crippen LogP contribution in [-0.4, -0.2) is 57.6 Å². The number of benzene rings is 3. The Morgan fingerprint density at radius 3 is 1.49 bits per heavy atom. The Kier molecular flexibility index (Phi) is 16.6. The zero-order valence-corrected chi connectivity index (χ0v) is 36.2. The molecular weight excluding hydrogens is 813 g/mol. The van der Waals surface area contributed by atoms with Gasteiger partial charge in [0, 0.05) is 47.1 Å². The van der Waals surface area contributed by atoms with Gasteiger partial charge in [0.05, 0.1) is 56.2 Å². The van der Waals surface area contributed by atoms with Gasteiger partial charge >= 0.3 is 23.9 Å². The van der Waals surface area contributed by atoms with Gasteiger partial charge in [0.2, 0.25) is 0 Å². The fourth-order valence-electron chi connectivity index (χ4n) is 7.01. The Morgan fingerprint density at radius 2 is 1.06 bits per heavy atom. The fourth-order valence-corrected chi connectivity index (χ4v) is 7.01. The molecule has 2 aliphatic heterocycles. The minimum Gasteiger partial charge on any atom is -0.478 e. The van der Waals surface area contributed by atoms with Crippen LogP contribution in [0.15, 0.2) is 142 Å². The molecule has 2 atom stereocenters. The minimum atomic E-state index is -1.21. The molecule has 2 aliphatic rings. The third kappa shape index (κ3) is 12.5. The monoisotopic (exact) mass is 862 g/mol. The van der Waals surface area contributed by atoms with E-state index in [0.717, 1.165) is 5.56 Å². The van der Waals surface area contributed by atoms with Gasteiger partial charge in [0.25, 0.3) is 11.4 Å². The molecule has 0 radical (unpaired) electrons. The van der Waals surface area contributed by atoms with Crippen molar-refractivity contribution >= 4 is 41.3 Å². The lowest BCUT2D eigenvalue weighted by Gasteiger charge is -2.30. The number of hydrogen-bond donors (Lipinski definition) is 3. The number of ether oxygens (including phenoxy) is 3. The largest absolute Gasteiger partial charge is 0.478 e. The average molecular weight is 863 g/mol. The Hall–Kier alpha value is -7.62. The van der Waals surface area contributed by atoms with Crippen LogP contribution in [0.25, 0.3) is 6.08 Å². The number of rotatable bonds is 14.